The first-order valence-corrected chi connectivity index (χ1v) is 11.8. The van der Waals surface area contributed by atoms with Crippen molar-refractivity contribution in [1.29, 1.82) is 0 Å². The highest BCUT2D eigenvalue weighted by Crippen LogP contribution is 2.34. The molecule has 7 nitrogen and oxygen atoms in total. The topological polar surface area (TPSA) is 101 Å². The van der Waals surface area contributed by atoms with Crippen LogP contribution in [-0.4, -0.2) is 48.8 Å². The van der Waals surface area contributed by atoms with Crippen molar-refractivity contribution in [2.45, 2.75) is 24.1 Å². The van der Waals surface area contributed by atoms with Crippen LogP contribution in [0.15, 0.2) is 52.1 Å². The van der Waals surface area contributed by atoms with Crippen LogP contribution < -0.4 is 10.6 Å². The Kier molecular flexibility index (Phi) is 5.45. The molecule has 2 N–H and O–H groups in total. The van der Waals surface area contributed by atoms with Crippen LogP contribution in [0.2, 0.25) is 0 Å². The summed E-state index contributed by atoms with van der Waals surface area (Å²) in [6, 6.07) is 11.2. The minimum absolute atomic E-state index is 0.0247. The molecule has 3 heterocycles. The van der Waals surface area contributed by atoms with E-state index in [2.05, 4.69) is 15.6 Å². The van der Waals surface area contributed by atoms with Gasteiger partial charge < -0.3 is 15.1 Å². The van der Waals surface area contributed by atoms with Crippen LogP contribution >= 0.6 is 11.8 Å². The number of amides is 1. The average Bonchev–Trinajstić information content (AvgIpc) is 3.32. The van der Waals surface area contributed by atoms with E-state index in [4.69, 9.17) is 4.42 Å². The molecule has 0 unspecified atom stereocenters. The minimum atomic E-state index is -2.94. The first-order valence-electron chi connectivity index (χ1n) is 9.07. The zero-order chi connectivity index (χ0) is 19.6. The summed E-state index contributed by atoms with van der Waals surface area (Å²) in [5.41, 5.74) is 1.79. The standard InChI is InChI=1S/C19H21N3O4S2/c23-18(20-8-7-15-2-1-9-26-15)10-13-3-5-14(6-4-13)21-19-22-16-11-28(24,25)12-17(16)27-19/h1-6,9,16-17H,7-8,10-12H2,(H,20,23)(H,21,22)/t16-,17-/m1/s1. The number of carbonyl (C=O) groups is 1. The van der Waals surface area contributed by atoms with Gasteiger partial charge in [0.15, 0.2) is 15.0 Å². The van der Waals surface area contributed by atoms with E-state index >= 15 is 0 Å². The van der Waals surface area contributed by atoms with Gasteiger partial charge >= 0.3 is 0 Å². The molecule has 0 radical (unpaired) electrons. The lowest BCUT2D eigenvalue weighted by atomic mass is 10.1. The molecule has 1 aromatic carbocycles. The van der Waals surface area contributed by atoms with Crippen molar-refractivity contribution in [2.24, 2.45) is 4.99 Å². The molecule has 1 fully saturated rings. The lowest BCUT2D eigenvalue weighted by Crippen LogP contribution is -2.27. The monoisotopic (exact) mass is 419 g/mol. The number of furan rings is 1. The molecule has 4 rings (SSSR count). The van der Waals surface area contributed by atoms with Gasteiger partial charge in [0, 0.05) is 23.9 Å². The maximum Gasteiger partial charge on any atom is 0.224 e. The van der Waals surface area contributed by atoms with Crippen molar-refractivity contribution in [3.05, 3.63) is 54.0 Å². The summed E-state index contributed by atoms with van der Waals surface area (Å²) >= 11 is 1.49. The number of sulfone groups is 1. The van der Waals surface area contributed by atoms with Gasteiger partial charge in [-0.15, -0.1) is 0 Å². The predicted octanol–water partition coefficient (Wildman–Crippen LogP) is 1.86. The molecule has 0 spiro atoms. The number of fused-ring (bicyclic) bond motifs is 1. The van der Waals surface area contributed by atoms with Crippen LogP contribution in [-0.2, 0) is 27.5 Å². The SMILES string of the molecule is O=C(Cc1ccc(NC2=N[C@@H]3CS(=O)(=O)C[C@H]3S2)cc1)NCCc1ccco1. The van der Waals surface area contributed by atoms with Crippen molar-refractivity contribution >= 4 is 38.4 Å². The zero-order valence-electron chi connectivity index (χ0n) is 15.1. The molecule has 0 bridgehead atoms. The van der Waals surface area contributed by atoms with Gasteiger partial charge in [-0.25, -0.2) is 8.42 Å². The van der Waals surface area contributed by atoms with Gasteiger partial charge in [0.2, 0.25) is 5.91 Å². The summed E-state index contributed by atoms with van der Waals surface area (Å²) in [5, 5.41) is 6.90. The summed E-state index contributed by atoms with van der Waals surface area (Å²) in [6.07, 6.45) is 2.61. The summed E-state index contributed by atoms with van der Waals surface area (Å²) in [5.74, 6) is 1.16. The van der Waals surface area contributed by atoms with Crippen molar-refractivity contribution in [3.63, 3.8) is 0 Å². The fourth-order valence-corrected chi connectivity index (χ4v) is 6.95. The lowest BCUT2D eigenvalue weighted by Gasteiger charge is -2.08. The highest BCUT2D eigenvalue weighted by atomic mass is 32.2. The van der Waals surface area contributed by atoms with E-state index in [1.54, 1.807) is 6.26 Å². The smallest absolute Gasteiger partial charge is 0.224 e. The number of nitrogens with one attached hydrogen (secondary N) is 2. The molecule has 0 aliphatic carbocycles. The molecule has 2 aromatic rings. The van der Waals surface area contributed by atoms with E-state index in [0.29, 0.717) is 19.4 Å². The van der Waals surface area contributed by atoms with Gasteiger partial charge in [-0.3, -0.25) is 9.79 Å². The quantitative estimate of drug-likeness (QED) is 0.741. The second kappa shape index (κ2) is 8.00. The fraction of sp³-hybridized carbons (Fsp3) is 0.368. The molecule has 2 aliphatic rings. The van der Waals surface area contributed by atoms with E-state index < -0.39 is 9.84 Å². The largest absolute Gasteiger partial charge is 0.469 e. The molecule has 28 heavy (non-hydrogen) atoms. The van der Waals surface area contributed by atoms with E-state index in [0.717, 1.165) is 22.2 Å². The summed E-state index contributed by atoms with van der Waals surface area (Å²) in [6.45, 7) is 0.543. The molecular weight excluding hydrogens is 398 g/mol. The van der Waals surface area contributed by atoms with Crippen molar-refractivity contribution < 1.29 is 17.6 Å². The fourth-order valence-electron chi connectivity index (χ4n) is 3.27. The average molecular weight is 420 g/mol. The summed E-state index contributed by atoms with van der Waals surface area (Å²) in [7, 11) is -2.94. The Labute approximate surface area is 167 Å². The highest BCUT2D eigenvalue weighted by Gasteiger charge is 2.42. The van der Waals surface area contributed by atoms with Gasteiger partial charge in [-0.2, -0.15) is 0 Å². The third-order valence-corrected chi connectivity index (χ3v) is 7.80. The summed E-state index contributed by atoms with van der Waals surface area (Å²) < 4.78 is 28.5. The van der Waals surface area contributed by atoms with E-state index in [-0.39, 0.29) is 28.7 Å². The molecule has 2 aliphatic heterocycles. The van der Waals surface area contributed by atoms with Gasteiger partial charge in [0.1, 0.15) is 5.76 Å². The van der Waals surface area contributed by atoms with Crippen LogP contribution in [0.1, 0.15) is 11.3 Å². The van der Waals surface area contributed by atoms with Crippen molar-refractivity contribution in [2.75, 3.05) is 23.4 Å². The number of amidine groups is 1. The summed E-state index contributed by atoms with van der Waals surface area (Å²) in [4.78, 5) is 16.5. The van der Waals surface area contributed by atoms with Crippen LogP contribution in [0.3, 0.4) is 0 Å². The van der Waals surface area contributed by atoms with Gasteiger partial charge in [-0.05, 0) is 29.8 Å². The number of nitrogens with zero attached hydrogens (tertiary/aromatic N) is 1. The molecule has 0 saturated carbocycles. The molecule has 2 atom stereocenters. The number of aliphatic imine (C=N–C) groups is 1. The first kappa shape index (κ1) is 19.1. The number of benzene rings is 1. The Morgan fingerprint density at radius 2 is 2.04 bits per heavy atom. The maximum atomic E-state index is 12.0. The number of thioether (sulfide) groups is 1. The molecule has 1 saturated heterocycles. The van der Waals surface area contributed by atoms with E-state index in [1.807, 2.05) is 36.4 Å². The molecule has 1 aromatic heterocycles. The second-order valence-electron chi connectivity index (χ2n) is 6.91. The van der Waals surface area contributed by atoms with Crippen LogP contribution in [0.25, 0.3) is 0 Å². The van der Waals surface area contributed by atoms with Crippen molar-refractivity contribution in [3.8, 4) is 0 Å². The van der Waals surface area contributed by atoms with Crippen molar-refractivity contribution in [1.82, 2.24) is 5.32 Å². The number of carbonyl (C=O) groups excluding carboxylic acids is 1. The predicted molar refractivity (Wildman–Crippen MR) is 110 cm³/mol. The highest BCUT2D eigenvalue weighted by molar-refractivity contribution is 8.15. The van der Waals surface area contributed by atoms with Crippen LogP contribution in [0.5, 0.6) is 0 Å². The third-order valence-electron chi connectivity index (χ3n) is 4.66. The molecular formula is C19H21N3O4S2. The lowest BCUT2D eigenvalue weighted by molar-refractivity contribution is -0.120. The van der Waals surface area contributed by atoms with Crippen LogP contribution in [0.4, 0.5) is 5.69 Å². The van der Waals surface area contributed by atoms with Gasteiger partial charge in [-0.1, -0.05) is 23.9 Å². The third kappa shape index (κ3) is 4.77. The minimum Gasteiger partial charge on any atom is -0.469 e. The second-order valence-corrected chi connectivity index (χ2v) is 10.3. The Balaban J connectivity index is 1.24. The van der Waals surface area contributed by atoms with E-state index in [9.17, 15) is 13.2 Å². The normalized spacial score (nSPS) is 22.5. The number of hydrogen-bond acceptors (Lipinski definition) is 7. The number of anilines is 1. The first-order chi connectivity index (χ1) is 13.5. The Morgan fingerprint density at radius 1 is 1.21 bits per heavy atom. The van der Waals surface area contributed by atoms with Gasteiger partial charge in [0.25, 0.3) is 0 Å². The maximum absolute atomic E-state index is 12.0. The Bertz CT molecular complexity index is 969. The molecule has 9 heteroatoms. The molecule has 148 valence electrons. The molecule has 1 amide bonds. The van der Waals surface area contributed by atoms with Crippen LogP contribution in [0, 0.1) is 0 Å². The number of rotatable bonds is 6. The Morgan fingerprint density at radius 3 is 2.75 bits per heavy atom. The van der Waals surface area contributed by atoms with Gasteiger partial charge in [0.05, 0.1) is 30.2 Å². The van der Waals surface area contributed by atoms with E-state index in [1.165, 1.54) is 11.8 Å². The zero-order valence-corrected chi connectivity index (χ0v) is 16.8. The Hall–Kier alpha value is -2.26. The number of hydrogen-bond donors (Lipinski definition) is 2.